The molecular weight excluding hydrogens is 338 g/mol. The first-order valence-electron chi connectivity index (χ1n) is 9.31. The number of pyridine rings is 1. The van der Waals surface area contributed by atoms with Crippen LogP contribution in [-0.4, -0.2) is 34.7 Å². The van der Waals surface area contributed by atoms with Gasteiger partial charge in [-0.1, -0.05) is 24.3 Å². The zero-order chi connectivity index (χ0) is 18.5. The first-order valence-corrected chi connectivity index (χ1v) is 9.31. The van der Waals surface area contributed by atoms with E-state index < -0.39 is 0 Å². The van der Waals surface area contributed by atoms with Gasteiger partial charge in [0.05, 0.1) is 32.1 Å². The number of methoxy groups -OCH3 is 1. The molecule has 3 heterocycles. The second-order valence-electron chi connectivity index (χ2n) is 6.88. The molecule has 0 saturated carbocycles. The number of fused-ring (bicyclic) bond motifs is 1. The number of hydrogen-bond donors (Lipinski definition) is 0. The van der Waals surface area contributed by atoms with E-state index in [0.717, 1.165) is 31.1 Å². The molecule has 0 fully saturated rings. The van der Waals surface area contributed by atoms with Crippen LogP contribution >= 0.6 is 0 Å². The summed E-state index contributed by atoms with van der Waals surface area (Å²) in [5, 5.41) is 0. The van der Waals surface area contributed by atoms with Crippen LogP contribution in [0.5, 0.6) is 5.75 Å². The molecular formula is C22H25N3O2. The second kappa shape index (κ2) is 8.37. The molecule has 5 heteroatoms. The quantitative estimate of drug-likeness (QED) is 0.642. The summed E-state index contributed by atoms with van der Waals surface area (Å²) in [6, 6.07) is 18.8. The minimum absolute atomic E-state index is 0.294. The molecule has 0 N–H and O–H groups in total. The zero-order valence-electron chi connectivity index (χ0n) is 15.6. The molecule has 1 aromatic carbocycles. The van der Waals surface area contributed by atoms with Gasteiger partial charge in [0, 0.05) is 43.3 Å². The van der Waals surface area contributed by atoms with Crippen LogP contribution in [0.15, 0.2) is 67.0 Å². The van der Waals surface area contributed by atoms with Crippen LogP contribution in [0.25, 0.3) is 0 Å². The fourth-order valence-electron chi connectivity index (χ4n) is 3.71. The van der Waals surface area contributed by atoms with E-state index >= 15 is 0 Å². The van der Waals surface area contributed by atoms with Crippen LogP contribution in [0.3, 0.4) is 0 Å². The monoisotopic (exact) mass is 363 g/mol. The Kier molecular flexibility index (Phi) is 5.51. The third kappa shape index (κ3) is 4.21. The number of rotatable bonds is 7. The van der Waals surface area contributed by atoms with Gasteiger partial charge < -0.3 is 14.0 Å². The Bertz CT molecular complexity index is 863. The molecule has 1 aliphatic heterocycles. The van der Waals surface area contributed by atoms with Crippen molar-refractivity contribution in [2.75, 3.05) is 20.3 Å². The Hall–Kier alpha value is -2.63. The number of hydrogen-bond acceptors (Lipinski definition) is 4. The Balaban J connectivity index is 1.43. The van der Waals surface area contributed by atoms with E-state index in [2.05, 4.69) is 44.9 Å². The molecule has 0 saturated heterocycles. The van der Waals surface area contributed by atoms with Gasteiger partial charge in [-0.2, -0.15) is 0 Å². The lowest BCUT2D eigenvalue weighted by Gasteiger charge is -2.35. The molecule has 0 bridgehead atoms. The number of aromatic nitrogens is 2. The van der Waals surface area contributed by atoms with Gasteiger partial charge in [-0.05, 0) is 30.3 Å². The van der Waals surface area contributed by atoms with Crippen molar-refractivity contribution in [2.45, 2.75) is 25.7 Å². The van der Waals surface area contributed by atoms with Crippen molar-refractivity contribution in [3.63, 3.8) is 0 Å². The minimum Gasteiger partial charge on any atom is -0.496 e. The number of para-hydroxylation sites is 1. The summed E-state index contributed by atoms with van der Waals surface area (Å²) in [4.78, 5) is 6.79. The fraction of sp³-hybridized carbons (Fsp3) is 0.318. The lowest BCUT2D eigenvalue weighted by molar-refractivity contribution is 0.0572. The standard InChI is InChI=1S/C22H25N3O2/c1-26-22-10-3-2-7-18(22)13-24-14-20-9-6-12-25(20)21(15-24)17-27-16-19-8-4-5-11-23-19/h2-12,21H,13-17H2,1H3/t21-/m1/s1. The maximum absolute atomic E-state index is 5.99. The summed E-state index contributed by atoms with van der Waals surface area (Å²) in [6.45, 7) is 3.96. The Morgan fingerprint density at radius 1 is 1.07 bits per heavy atom. The van der Waals surface area contributed by atoms with Crippen molar-refractivity contribution in [1.29, 1.82) is 0 Å². The molecule has 0 unspecified atom stereocenters. The molecule has 2 aromatic heterocycles. The molecule has 3 aromatic rings. The van der Waals surface area contributed by atoms with Crippen molar-refractivity contribution < 1.29 is 9.47 Å². The predicted octanol–water partition coefficient (Wildman–Crippen LogP) is 3.67. The summed E-state index contributed by atoms with van der Waals surface area (Å²) in [5.74, 6) is 0.946. The molecule has 0 amide bonds. The number of benzene rings is 1. The summed E-state index contributed by atoms with van der Waals surface area (Å²) >= 11 is 0. The van der Waals surface area contributed by atoms with E-state index in [-0.39, 0.29) is 0 Å². The van der Waals surface area contributed by atoms with Gasteiger partial charge in [-0.25, -0.2) is 0 Å². The van der Waals surface area contributed by atoms with Crippen LogP contribution in [-0.2, 0) is 24.4 Å². The average Bonchev–Trinajstić information content (AvgIpc) is 3.18. The summed E-state index contributed by atoms with van der Waals surface area (Å²) in [6.07, 6.45) is 3.96. The van der Waals surface area contributed by atoms with E-state index in [1.54, 1.807) is 13.3 Å². The molecule has 0 radical (unpaired) electrons. The molecule has 27 heavy (non-hydrogen) atoms. The lowest BCUT2D eigenvalue weighted by atomic mass is 10.1. The fourth-order valence-corrected chi connectivity index (χ4v) is 3.71. The van der Waals surface area contributed by atoms with Gasteiger partial charge in [-0.3, -0.25) is 9.88 Å². The highest BCUT2D eigenvalue weighted by molar-refractivity contribution is 5.33. The first kappa shape index (κ1) is 17.8. The van der Waals surface area contributed by atoms with Gasteiger partial charge in [0.2, 0.25) is 0 Å². The molecule has 1 aliphatic rings. The SMILES string of the molecule is COc1ccccc1CN1Cc2cccn2[C@@H](COCc2ccccn2)C1. The lowest BCUT2D eigenvalue weighted by Crippen LogP contribution is -2.38. The van der Waals surface area contributed by atoms with Crippen molar-refractivity contribution in [1.82, 2.24) is 14.5 Å². The minimum atomic E-state index is 0.294. The normalized spacial score (nSPS) is 16.9. The van der Waals surface area contributed by atoms with E-state index in [1.807, 2.05) is 30.3 Å². The molecule has 4 rings (SSSR count). The van der Waals surface area contributed by atoms with Gasteiger partial charge >= 0.3 is 0 Å². The van der Waals surface area contributed by atoms with Crippen LogP contribution < -0.4 is 4.74 Å². The topological polar surface area (TPSA) is 39.5 Å². The van der Waals surface area contributed by atoms with E-state index in [1.165, 1.54) is 11.3 Å². The highest BCUT2D eigenvalue weighted by Gasteiger charge is 2.25. The van der Waals surface area contributed by atoms with E-state index in [4.69, 9.17) is 9.47 Å². The average molecular weight is 363 g/mol. The van der Waals surface area contributed by atoms with Gasteiger partial charge in [0.15, 0.2) is 0 Å². The summed E-state index contributed by atoms with van der Waals surface area (Å²) in [5.41, 5.74) is 3.50. The molecule has 140 valence electrons. The van der Waals surface area contributed by atoms with Crippen molar-refractivity contribution >= 4 is 0 Å². The Morgan fingerprint density at radius 2 is 1.96 bits per heavy atom. The van der Waals surface area contributed by atoms with E-state index in [9.17, 15) is 0 Å². The smallest absolute Gasteiger partial charge is 0.123 e. The van der Waals surface area contributed by atoms with Crippen molar-refractivity contribution in [3.8, 4) is 5.75 Å². The van der Waals surface area contributed by atoms with Crippen molar-refractivity contribution in [3.05, 3.63) is 83.9 Å². The molecule has 0 aliphatic carbocycles. The molecule has 5 nitrogen and oxygen atoms in total. The third-order valence-electron chi connectivity index (χ3n) is 4.99. The van der Waals surface area contributed by atoms with Gasteiger partial charge in [0.25, 0.3) is 0 Å². The third-order valence-corrected chi connectivity index (χ3v) is 4.99. The maximum atomic E-state index is 5.99. The predicted molar refractivity (Wildman–Crippen MR) is 104 cm³/mol. The highest BCUT2D eigenvalue weighted by Crippen LogP contribution is 2.26. The van der Waals surface area contributed by atoms with Crippen LogP contribution in [0.1, 0.15) is 23.0 Å². The molecule has 0 spiro atoms. The summed E-state index contributed by atoms with van der Waals surface area (Å²) in [7, 11) is 1.73. The van der Waals surface area contributed by atoms with Crippen LogP contribution in [0.2, 0.25) is 0 Å². The van der Waals surface area contributed by atoms with Crippen LogP contribution in [0.4, 0.5) is 0 Å². The first-order chi connectivity index (χ1) is 13.3. The zero-order valence-corrected chi connectivity index (χ0v) is 15.6. The maximum Gasteiger partial charge on any atom is 0.123 e. The Labute approximate surface area is 160 Å². The number of ether oxygens (including phenoxy) is 2. The number of nitrogens with zero attached hydrogens (tertiary/aromatic N) is 3. The largest absolute Gasteiger partial charge is 0.496 e. The highest BCUT2D eigenvalue weighted by atomic mass is 16.5. The second-order valence-corrected chi connectivity index (χ2v) is 6.88. The van der Waals surface area contributed by atoms with Gasteiger partial charge in [0.1, 0.15) is 5.75 Å². The summed E-state index contributed by atoms with van der Waals surface area (Å²) < 4.78 is 13.9. The Morgan fingerprint density at radius 3 is 2.81 bits per heavy atom. The van der Waals surface area contributed by atoms with E-state index in [0.29, 0.717) is 19.3 Å². The van der Waals surface area contributed by atoms with Crippen LogP contribution in [0, 0.1) is 0 Å². The van der Waals surface area contributed by atoms with Crippen molar-refractivity contribution in [2.24, 2.45) is 0 Å². The molecule has 1 atom stereocenters. The van der Waals surface area contributed by atoms with Gasteiger partial charge in [-0.15, -0.1) is 0 Å².